The Balaban J connectivity index is 2.99. The van der Waals surface area contributed by atoms with Crippen molar-refractivity contribution < 1.29 is 0 Å². The van der Waals surface area contributed by atoms with Crippen LogP contribution in [0.4, 0.5) is 0 Å². The molecule has 0 saturated carbocycles. The summed E-state index contributed by atoms with van der Waals surface area (Å²) in [5, 5.41) is 0. The van der Waals surface area contributed by atoms with Crippen LogP contribution in [0.5, 0.6) is 0 Å². The van der Waals surface area contributed by atoms with E-state index >= 15 is 0 Å². The van der Waals surface area contributed by atoms with E-state index in [1.807, 2.05) is 26.0 Å². The Morgan fingerprint density at radius 3 is 1.25 bits per heavy atom. The number of hydrogen-bond acceptors (Lipinski definition) is 4. The highest BCUT2D eigenvalue weighted by Crippen LogP contribution is 2.55. The Morgan fingerprint density at radius 2 is 1.00 bits per heavy atom. The lowest BCUT2D eigenvalue weighted by Crippen LogP contribution is -1.94. The molecule has 20 heavy (non-hydrogen) atoms. The second-order valence-electron chi connectivity index (χ2n) is 3.58. The molecule has 10 heteroatoms. The quantitative estimate of drug-likeness (QED) is 0.321. The third-order valence-electron chi connectivity index (χ3n) is 1.94. The fourth-order valence-corrected chi connectivity index (χ4v) is 7.00. The topological polar surface area (TPSA) is 0 Å². The van der Waals surface area contributed by atoms with Gasteiger partial charge in [-0.3, -0.25) is 0 Å². The second kappa shape index (κ2) is 8.46. The van der Waals surface area contributed by atoms with Gasteiger partial charge >= 0.3 is 0 Å². The first kappa shape index (κ1) is 20.4. The number of benzene rings is 1. The first-order valence-corrected chi connectivity index (χ1v) is 11.5. The van der Waals surface area contributed by atoms with Gasteiger partial charge in [0.1, 0.15) is 0 Å². The van der Waals surface area contributed by atoms with E-state index in [2.05, 4.69) is 0 Å². The van der Waals surface area contributed by atoms with Gasteiger partial charge < -0.3 is 0 Å². The zero-order valence-corrected chi connectivity index (χ0v) is 17.9. The number of hydrogen-bond donors (Lipinski definition) is 0. The Hall–Kier alpha value is 2.36. The normalized spacial score (nSPS) is 12.8. The van der Waals surface area contributed by atoms with Crippen LogP contribution in [0.15, 0.2) is 21.9 Å². The van der Waals surface area contributed by atoms with Crippen molar-refractivity contribution in [2.75, 3.05) is 0 Å². The molecule has 0 amide bonds. The van der Waals surface area contributed by atoms with Gasteiger partial charge in [0.25, 0.3) is 0 Å². The van der Waals surface area contributed by atoms with Crippen molar-refractivity contribution in [2.24, 2.45) is 0 Å². The first-order chi connectivity index (χ1) is 8.99. The van der Waals surface area contributed by atoms with Crippen molar-refractivity contribution in [3.8, 4) is 0 Å². The Labute approximate surface area is 164 Å². The minimum absolute atomic E-state index is 1.01. The largest absolute Gasteiger partial charge is 0.247 e. The van der Waals surface area contributed by atoms with Crippen LogP contribution >= 0.6 is 113 Å². The maximum Gasteiger partial charge on any atom is 0.247 e. The summed E-state index contributed by atoms with van der Waals surface area (Å²) >= 11 is 34.6. The van der Waals surface area contributed by atoms with Crippen molar-refractivity contribution in [1.29, 1.82) is 0 Å². The molecular weight excluding hydrogens is 461 g/mol. The number of alkyl halides is 6. The Bertz CT molecular complexity index is 425. The number of aryl methyl sites for hydroxylation is 2. The lowest BCUT2D eigenvalue weighted by atomic mass is 10.2. The van der Waals surface area contributed by atoms with E-state index in [0.29, 0.717) is 0 Å². The average molecular weight is 469 g/mol. The fraction of sp³-hybridized carbons (Fsp3) is 0.400. The van der Waals surface area contributed by atoms with Crippen LogP contribution in [0.2, 0.25) is 0 Å². The van der Waals surface area contributed by atoms with Crippen molar-refractivity contribution in [1.82, 2.24) is 0 Å². The molecule has 0 heterocycles. The molecule has 1 rings (SSSR count). The fourth-order valence-electron chi connectivity index (χ4n) is 1.14. The minimum atomic E-state index is -1.38. The molecule has 1 aromatic carbocycles. The van der Waals surface area contributed by atoms with E-state index in [1.54, 1.807) is 0 Å². The van der Waals surface area contributed by atoms with Crippen LogP contribution in [0.25, 0.3) is 0 Å². The monoisotopic (exact) mass is 466 g/mol. The summed E-state index contributed by atoms with van der Waals surface area (Å²) in [6, 6.07) is 4.03. The van der Waals surface area contributed by atoms with Crippen LogP contribution in [0.3, 0.4) is 0 Å². The minimum Gasteiger partial charge on any atom is -0.0710 e. The van der Waals surface area contributed by atoms with Gasteiger partial charge in [-0.15, -0.1) is 0 Å². The zero-order chi connectivity index (χ0) is 15.6. The first-order valence-electron chi connectivity index (χ1n) is 4.94. The third-order valence-corrected chi connectivity index (χ3v) is 10.0. The molecular formula is C10H8Cl6S4. The van der Waals surface area contributed by atoms with Gasteiger partial charge in [0.2, 0.25) is 6.25 Å². The highest BCUT2D eigenvalue weighted by atomic mass is 35.6. The third kappa shape index (κ3) is 7.76. The molecule has 0 aliphatic heterocycles. The van der Waals surface area contributed by atoms with Crippen LogP contribution in [0, 0.1) is 13.8 Å². The van der Waals surface area contributed by atoms with Gasteiger partial charge in [0.15, 0.2) is 0 Å². The Kier molecular flexibility index (Phi) is 8.63. The summed E-state index contributed by atoms with van der Waals surface area (Å²) in [6.07, 6.45) is 0. The molecule has 0 aliphatic carbocycles. The molecule has 0 radical (unpaired) electrons. The molecule has 0 aromatic heterocycles. The molecule has 0 spiro atoms. The van der Waals surface area contributed by atoms with Gasteiger partial charge in [0, 0.05) is 9.79 Å². The second-order valence-corrected chi connectivity index (χ2v) is 14.2. The molecule has 0 fully saturated rings. The molecule has 0 N–H and O–H groups in total. The molecule has 114 valence electrons. The van der Waals surface area contributed by atoms with E-state index in [0.717, 1.165) is 42.5 Å². The highest BCUT2D eigenvalue weighted by Gasteiger charge is 2.25. The van der Waals surface area contributed by atoms with Crippen LogP contribution in [0.1, 0.15) is 11.1 Å². The van der Waals surface area contributed by atoms with Crippen LogP contribution in [-0.4, -0.2) is 6.25 Å². The van der Waals surface area contributed by atoms with Gasteiger partial charge in [-0.1, -0.05) is 103 Å². The van der Waals surface area contributed by atoms with Gasteiger partial charge in [0.05, 0.1) is 0 Å². The zero-order valence-electron chi connectivity index (χ0n) is 10.1. The molecule has 0 aliphatic rings. The molecule has 0 atom stereocenters. The molecule has 0 saturated heterocycles. The summed E-state index contributed by atoms with van der Waals surface area (Å²) in [7, 11) is 5.10. The number of rotatable bonds is 4. The summed E-state index contributed by atoms with van der Waals surface area (Å²) in [4.78, 5) is 2.01. The molecule has 0 unspecified atom stereocenters. The summed E-state index contributed by atoms with van der Waals surface area (Å²) in [6.45, 7) is 3.98. The summed E-state index contributed by atoms with van der Waals surface area (Å²) < 4.78 is -2.77. The highest BCUT2D eigenvalue weighted by molar-refractivity contribution is 8.79. The molecule has 0 bridgehead atoms. The average Bonchev–Trinajstić information content (AvgIpc) is 2.26. The predicted molar refractivity (Wildman–Crippen MR) is 103 cm³/mol. The van der Waals surface area contributed by atoms with Crippen molar-refractivity contribution in [3.05, 3.63) is 23.3 Å². The summed E-state index contributed by atoms with van der Waals surface area (Å²) in [5.74, 6) is 0. The smallest absolute Gasteiger partial charge is 0.0710 e. The summed E-state index contributed by atoms with van der Waals surface area (Å²) in [5.41, 5.74) is 2.16. The predicted octanol–water partition coefficient (Wildman–Crippen LogP) is 8.44. The van der Waals surface area contributed by atoms with Gasteiger partial charge in [-0.05, 0) is 46.6 Å². The van der Waals surface area contributed by atoms with Crippen molar-refractivity contribution in [3.63, 3.8) is 0 Å². The van der Waals surface area contributed by atoms with Crippen molar-refractivity contribution in [2.45, 2.75) is 29.9 Å². The SMILES string of the molecule is Cc1ccc(C)c(SSC(Cl)(Cl)Cl)c1SSC(Cl)(Cl)Cl. The van der Waals surface area contributed by atoms with Gasteiger partial charge in [-0.2, -0.15) is 0 Å². The van der Waals surface area contributed by atoms with Crippen LogP contribution in [-0.2, 0) is 0 Å². The van der Waals surface area contributed by atoms with E-state index in [4.69, 9.17) is 69.6 Å². The van der Waals surface area contributed by atoms with Crippen LogP contribution < -0.4 is 0 Å². The van der Waals surface area contributed by atoms with E-state index < -0.39 is 6.25 Å². The maximum atomic E-state index is 5.77. The standard InChI is InChI=1S/C10H8Cl6S4/c1-5-3-4-6(2)8(18-20-10(14,15)16)7(5)17-19-9(11,12)13/h3-4H,1-2H3. The van der Waals surface area contributed by atoms with E-state index in [9.17, 15) is 0 Å². The Morgan fingerprint density at radius 1 is 0.700 bits per heavy atom. The van der Waals surface area contributed by atoms with E-state index in [1.165, 1.54) is 21.6 Å². The molecule has 0 nitrogen and oxygen atoms in total. The lowest BCUT2D eigenvalue weighted by molar-refractivity contribution is 1.13. The maximum absolute atomic E-state index is 5.77. The lowest BCUT2D eigenvalue weighted by Gasteiger charge is -2.17. The van der Waals surface area contributed by atoms with Gasteiger partial charge in [-0.25, -0.2) is 0 Å². The molecule has 1 aromatic rings. The van der Waals surface area contributed by atoms with E-state index in [-0.39, 0.29) is 0 Å². The van der Waals surface area contributed by atoms with Crippen molar-refractivity contribution >= 4 is 113 Å². The number of halogens is 6.